The first-order valence-electron chi connectivity index (χ1n) is 10.5. The van der Waals surface area contributed by atoms with Gasteiger partial charge in [-0.05, 0) is 44.4 Å². The number of nitrogens with one attached hydrogen (secondary N) is 1. The van der Waals surface area contributed by atoms with Gasteiger partial charge in [0.25, 0.3) is 0 Å². The van der Waals surface area contributed by atoms with Crippen LogP contribution in [-0.2, 0) is 4.79 Å². The quantitative estimate of drug-likeness (QED) is 0.541. The van der Waals surface area contributed by atoms with Crippen LogP contribution < -0.4 is 5.32 Å². The first-order chi connectivity index (χ1) is 13.6. The van der Waals surface area contributed by atoms with Crippen molar-refractivity contribution in [2.45, 2.75) is 87.4 Å². The molecule has 2 aliphatic carbocycles. The Morgan fingerprint density at radius 1 is 1.21 bits per heavy atom. The van der Waals surface area contributed by atoms with Crippen LogP contribution in [0, 0.1) is 5.92 Å². The minimum absolute atomic E-state index is 0.0108. The van der Waals surface area contributed by atoms with E-state index in [2.05, 4.69) is 22.1 Å². The number of nitrogens with zero attached hydrogens (tertiary/aromatic N) is 2. The van der Waals surface area contributed by atoms with Gasteiger partial charge in [0.15, 0.2) is 5.13 Å². The summed E-state index contributed by atoms with van der Waals surface area (Å²) in [6.45, 7) is 2.26. The van der Waals surface area contributed by atoms with Crippen LogP contribution in [0.3, 0.4) is 0 Å². The number of anilines is 1. The fraction of sp³-hybridized carbons (Fsp3) is 0.750. The summed E-state index contributed by atoms with van der Waals surface area (Å²) in [6, 6.07) is 0.686. The van der Waals surface area contributed by atoms with Gasteiger partial charge in [0.1, 0.15) is 0 Å². The topological polar surface area (TPSA) is 82.5 Å². The number of carbonyl (C=O) groups excluding carboxylic acids is 1. The Bertz CT molecular complexity index is 653. The van der Waals surface area contributed by atoms with Gasteiger partial charge in [-0.1, -0.05) is 37.5 Å². The van der Waals surface area contributed by atoms with Crippen LogP contribution in [0.25, 0.3) is 0 Å². The fourth-order valence-corrected chi connectivity index (χ4v) is 6.29. The number of thiazole rings is 1. The highest BCUT2D eigenvalue weighted by Gasteiger charge is 2.35. The van der Waals surface area contributed by atoms with Gasteiger partial charge in [0.05, 0.1) is 16.8 Å². The van der Waals surface area contributed by atoms with Crippen LogP contribution in [0.1, 0.15) is 71.1 Å². The first kappa shape index (κ1) is 21.4. The molecule has 3 rings (SSSR count). The van der Waals surface area contributed by atoms with Gasteiger partial charge < -0.3 is 10.0 Å². The number of thioether (sulfide) groups is 1. The van der Waals surface area contributed by atoms with E-state index in [1.807, 2.05) is 0 Å². The largest absolute Gasteiger partial charge is 0.481 e. The van der Waals surface area contributed by atoms with Crippen molar-refractivity contribution in [2.75, 3.05) is 11.1 Å². The molecule has 0 unspecified atom stereocenters. The van der Waals surface area contributed by atoms with Gasteiger partial charge in [-0.3, -0.25) is 10.1 Å². The summed E-state index contributed by atoms with van der Waals surface area (Å²) in [6.07, 6.45) is 12.4. The van der Waals surface area contributed by atoms with E-state index in [9.17, 15) is 9.59 Å². The molecule has 2 aliphatic rings. The lowest BCUT2D eigenvalue weighted by Crippen LogP contribution is -2.49. The van der Waals surface area contributed by atoms with Crippen molar-refractivity contribution in [3.63, 3.8) is 0 Å². The molecule has 6 nitrogen and oxygen atoms in total. The molecule has 0 aromatic carbocycles. The number of hydrogen-bond donors (Lipinski definition) is 2. The maximum Gasteiger partial charge on any atom is 0.324 e. The summed E-state index contributed by atoms with van der Waals surface area (Å²) in [7, 11) is 0. The maximum absolute atomic E-state index is 13.2. The molecule has 8 heteroatoms. The minimum Gasteiger partial charge on any atom is -0.481 e. The van der Waals surface area contributed by atoms with Gasteiger partial charge in [-0.2, -0.15) is 0 Å². The van der Waals surface area contributed by atoms with Crippen LogP contribution in [0.4, 0.5) is 9.93 Å². The standard InChI is InChI=1S/C20H31N3O3S2/c1-2-14-7-9-16(10-8-14)23(15-5-3-4-6-15)20(26)22-19-21-13-18(28-19)27-12-11-17(24)25/h13-16H,2-12H2,1H3,(H,24,25)(H,21,22,26). The third kappa shape index (κ3) is 5.86. The van der Waals surface area contributed by atoms with Crippen LogP contribution >= 0.6 is 23.1 Å². The molecule has 0 spiro atoms. The van der Waals surface area contributed by atoms with E-state index in [0.717, 1.165) is 35.8 Å². The molecule has 28 heavy (non-hydrogen) atoms. The van der Waals surface area contributed by atoms with E-state index in [1.54, 1.807) is 6.20 Å². The van der Waals surface area contributed by atoms with E-state index in [4.69, 9.17) is 5.11 Å². The molecule has 2 amide bonds. The predicted molar refractivity (Wildman–Crippen MR) is 114 cm³/mol. The fourth-order valence-electron chi connectivity index (χ4n) is 4.42. The normalized spacial score (nSPS) is 22.9. The van der Waals surface area contributed by atoms with Gasteiger partial charge in [0, 0.05) is 17.8 Å². The number of hydrogen-bond acceptors (Lipinski definition) is 5. The molecule has 0 saturated heterocycles. The van der Waals surface area contributed by atoms with E-state index in [0.29, 0.717) is 23.0 Å². The molecule has 0 radical (unpaired) electrons. The third-order valence-electron chi connectivity index (χ3n) is 6.00. The molecule has 156 valence electrons. The average Bonchev–Trinajstić information content (AvgIpc) is 3.35. The zero-order valence-corrected chi connectivity index (χ0v) is 18.2. The number of carbonyl (C=O) groups is 2. The molecule has 0 bridgehead atoms. The van der Waals surface area contributed by atoms with Crippen LogP contribution in [-0.4, -0.2) is 44.8 Å². The van der Waals surface area contributed by atoms with Crippen LogP contribution in [0.5, 0.6) is 0 Å². The molecular formula is C20H31N3O3S2. The van der Waals surface area contributed by atoms with E-state index >= 15 is 0 Å². The maximum atomic E-state index is 13.2. The van der Waals surface area contributed by atoms with E-state index in [-0.39, 0.29) is 12.5 Å². The lowest BCUT2D eigenvalue weighted by molar-refractivity contribution is -0.136. The lowest BCUT2D eigenvalue weighted by atomic mass is 9.83. The molecule has 2 fully saturated rings. The number of amides is 2. The molecule has 0 aliphatic heterocycles. The number of aromatic nitrogens is 1. The lowest BCUT2D eigenvalue weighted by Gasteiger charge is -2.40. The van der Waals surface area contributed by atoms with E-state index in [1.165, 1.54) is 55.2 Å². The first-order valence-corrected chi connectivity index (χ1v) is 12.3. The Labute approximate surface area is 175 Å². The van der Waals surface area contributed by atoms with Crippen molar-refractivity contribution >= 4 is 40.2 Å². The van der Waals surface area contributed by atoms with Gasteiger partial charge in [-0.15, -0.1) is 11.8 Å². The minimum atomic E-state index is -0.796. The van der Waals surface area contributed by atoms with Crippen molar-refractivity contribution in [3.8, 4) is 0 Å². The number of carboxylic acid groups (broad SMARTS) is 1. The molecule has 1 aromatic rings. The Morgan fingerprint density at radius 3 is 2.54 bits per heavy atom. The highest BCUT2D eigenvalue weighted by atomic mass is 32.2. The summed E-state index contributed by atoms with van der Waals surface area (Å²) in [5, 5.41) is 12.4. The highest BCUT2D eigenvalue weighted by Crippen LogP contribution is 2.35. The Morgan fingerprint density at radius 2 is 1.89 bits per heavy atom. The SMILES string of the molecule is CCC1CCC(N(C(=O)Nc2ncc(SCCC(=O)O)s2)C2CCCC2)CC1. The molecule has 1 heterocycles. The number of urea groups is 1. The second-order valence-electron chi connectivity index (χ2n) is 7.84. The van der Waals surface area contributed by atoms with Gasteiger partial charge in [0.2, 0.25) is 0 Å². The van der Waals surface area contributed by atoms with Gasteiger partial charge in [-0.25, -0.2) is 9.78 Å². The van der Waals surface area contributed by atoms with Crippen molar-refractivity contribution in [2.24, 2.45) is 5.92 Å². The van der Waals surface area contributed by atoms with Crippen molar-refractivity contribution in [1.29, 1.82) is 0 Å². The van der Waals surface area contributed by atoms with E-state index < -0.39 is 5.97 Å². The summed E-state index contributed by atoms with van der Waals surface area (Å²) < 4.78 is 0.937. The second-order valence-corrected chi connectivity index (χ2v) is 10.3. The van der Waals surface area contributed by atoms with Crippen LogP contribution in [0.2, 0.25) is 0 Å². The van der Waals surface area contributed by atoms with Crippen molar-refractivity contribution < 1.29 is 14.7 Å². The number of rotatable bonds is 8. The molecule has 2 saturated carbocycles. The number of aliphatic carboxylic acids is 1. The Kier molecular flexibility index (Phi) is 8.02. The van der Waals surface area contributed by atoms with Crippen LogP contribution in [0.15, 0.2) is 10.4 Å². The zero-order valence-electron chi connectivity index (χ0n) is 16.6. The summed E-state index contributed by atoms with van der Waals surface area (Å²) in [5.41, 5.74) is 0. The van der Waals surface area contributed by atoms with Crippen molar-refractivity contribution in [3.05, 3.63) is 6.20 Å². The molecule has 1 aromatic heterocycles. The number of carboxylic acids is 1. The highest BCUT2D eigenvalue weighted by molar-refractivity contribution is 8.01. The summed E-state index contributed by atoms with van der Waals surface area (Å²) >= 11 is 2.90. The summed E-state index contributed by atoms with van der Waals surface area (Å²) in [4.78, 5) is 30.3. The Balaban J connectivity index is 1.60. The predicted octanol–water partition coefficient (Wildman–Crippen LogP) is 5.46. The third-order valence-corrected chi connectivity index (χ3v) is 8.11. The second kappa shape index (κ2) is 10.5. The van der Waals surface area contributed by atoms with Crippen molar-refractivity contribution in [1.82, 2.24) is 9.88 Å². The zero-order chi connectivity index (χ0) is 19.9. The van der Waals surface area contributed by atoms with Gasteiger partial charge >= 0.3 is 12.0 Å². The summed E-state index contributed by atoms with van der Waals surface area (Å²) in [5.74, 6) is 0.532. The Hall–Kier alpha value is -1.28. The molecule has 0 atom stereocenters. The monoisotopic (exact) mass is 425 g/mol. The molecule has 2 N–H and O–H groups in total. The average molecular weight is 426 g/mol. The smallest absolute Gasteiger partial charge is 0.324 e. The molecular weight excluding hydrogens is 394 g/mol.